The molecule has 0 aromatic heterocycles. The lowest BCUT2D eigenvalue weighted by molar-refractivity contribution is -0.113. The van der Waals surface area contributed by atoms with Gasteiger partial charge >= 0.3 is 0 Å². The molecule has 0 aliphatic carbocycles. The Hall–Kier alpha value is -1.20. The first-order valence-corrected chi connectivity index (χ1v) is 7.68. The van der Waals surface area contributed by atoms with E-state index in [1.54, 1.807) is 11.8 Å². The van der Waals surface area contributed by atoms with E-state index in [1.807, 2.05) is 6.07 Å². The Kier molecular flexibility index (Phi) is 3.94. The van der Waals surface area contributed by atoms with Crippen molar-refractivity contribution in [2.45, 2.75) is 17.7 Å². The van der Waals surface area contributed by atoms with Crippen molar-refractivity contribution in [3.63, 3.8) is 0 Å². The molecule has 1 unspecified atom stereocenters. The average molecular weight is 278 g/mol. The Morgan fingerprint density at radius 3 is 3.26 bits per heavy atom. The van der Waals surface area contributed by atoms with Crippen molar-refractivity contribution >= 4 is 29.0 Å². The molecule has 2 aliphatic rings. The zero-order valence-corrected chi connectivity index (χ0v) is 11.6. The molecular weight excluding hydrogens is 260 g/mol. The van der Waals surface area contributed by atoms with Crippen LogP contribution in [0.2, 0.25) is 0 Å². The fourth-order valence-corrected chi connectivity index (χ4v) is 3.21. The van der Waals surface area contributed by atoms with E-state index >= 15 is 0 Å². The first kappa shape index (κ1) is 12.8. The van der Waals surface area contributed by atoms with Gasteiger partial charge in [-0.3, -0.25) is 4.79 Å². The van der Waals surface area contributed by atoms with E-state index in [-0.39, 0.29) is 5.91 Å². The van der Waals surface area contributed by atoms with Crippen LogP contribution in [0.4, 0.5) is 11.4 Å². The van der Waals surface area contributed by atoms with Crippen LogP contribution in [0.25, 0.3) is 0 Å². The summed E-state index contributed by atoms with van der Waals surface area (Å²) in [4.78, 5) is 12.5. The summed E-state index contributed by atoms with van der Waals surface area (Å²) < 4.78 is 5.47. The Morgan fingerprint density at radius 2 is 2.42 bits per heavy atom. The van der Waals surface area contributed by atoms with Gasteiger partial charge in [-0.15, -0.1) is 11.8 Å². The Balaban J connectivity index is 1.61. The van der Waals surface area contributed by atoms with Crippen LogP contribution in [0, 0.1) is 5.92 Å². The van der Waals surface area contributed by atoms with Crippen molar-refractivity contribution in [3.05, 3.63) is 18.2 Å². The van der Waals surface area contributed by atoms with Crippen LogP contribution >= 0.6 is 11.8 Å². The number of fused-ring (bicyclic) bond motifs is 1. The normalized spacial score (nSPS) is 22.5. The summed E-state index contributed by atoms with van der Waals surface area (Å²) in [7, 11) is 0. The molecule has 102 valence electrons. The second-order valence-electron chi connectivity index (χ2n) is 5.01. The molecule has 5 heteroatoms. The predicted molar refractivity (Wildman–Crippen MR) is 77.8 cm³/mol. The molecule has 1 amide bonds. The van der Waals surface area contributed by atoms with E-state index in [9.17, 15) is 4.79 Å². The van der Waals surface area contributed by atoms with Gasteiger partial charge in [0, 0.05) is 23.7 Å². The van der Waals surface area contributed by atoms with Crippen LogP contribution < -0.4 is 10.6 Å². The van der Waals surface area contributed by atoms with Gasteiger partial charge in [0.25, 0.3) is 0 Å². The van der Waals surface area contributed by atoms with E-state index < -0.39 is 0 Å². The predicted octanol–water partition coefficient (Wildman–Crippen LogP) is 2.57. The maximum Gasteiger partial charge on any atom is 0.234 e. The van der Waals surface area contributed by atoms with Crippen molar-refractivity contribution in [2.75, 3.05) is 36.1 Å². The highest BCUT2D eigenvalue weighted by Crippen LogP contribution is 2.33. The fraction of sp³-hybridized carbons (Fsp3) is 0.500. The molecular formula is C14H18N2O2S. The average Bonchev–Trinajstić information content (AvgIpc) is 2.46. The minimum atomic E-state index is 0.0790. The molecule has 0 spiro atoms. The smallest absolute Gasteiger partial charge is 0.234 e. The van der Waals surface area contributed by atoms with Crippen LogP contribution in [-0.4, -0.2) is 31.4 Å². The van der Waals surface area contributed by atoms with Gasteiger partial charge in [-0.2, -0.15) is 0 Å². The monoisotopic (exact) mass is 278 g/mol. The number of ether oxygens (including phenoxy) is 1. The standard InChI is InChI=1S/C14H18N2O2S/c17-14-9-19-13-4-3-11(6-12(13)16-14)15-7-10-2-1-5-18-8-10/h3-4,6,10,15H,1-2,5,7-9H2,(H,16,17). The number of amides is 1. The molecule has 4 nitrogen and oxygen atoms in total. The summed E-state index contributed by atoms with van der Waals surface area (Å²) in [6.45, 7) is 2.68. The fourth-order valence-electron chi connectivity index (χ4n) is 2.42. The number of anilines is 2. The second kappa shape index (κ2) is 5.84. The van der Waals surface area contributed by atoms with Crippen LogP contribution in [0.5, 0.6) is 0 Å². The third kappa shape index (κ3) is 3.22. The Labute approximate surface area is 117 Å². The Bertz CT molecular complexity index is 473. The van der Waals surface area contributed by atoms with Crippen molar-refractivity contribution in [2.24, 2.45) is 5.92 Å². The number of hydrogen-bond donors (Lipinski definition) is 2. The minimum Gasteiger partial charge on any atom is -0.385 e. The summed E-state index contributed by atoms with van der Waals surface area (Å²) in [5, 5.41) is 6.35. The van der Waals surface area contributed by atoms with Crippen LogP contribution in [0.15, 0.2) is 23.1 Å². The molecule has 2 heterocycles. The summed E-state index contributed by atoms with van der Waals surface area (Å²) >= 11 is 1.59. The van der Waals surface area contributed by atoms with E-state index in [0.29, 0.717) is 11.7 Å². The molecule has 3 rings (SSSR count). The van der Waals surface area contributed by atoms with E-state index in [4.69, 9.17) is 4.74 Å². The van der Waals surface area contributed by atoms with Gasteiger partial charge in [0.15, 0.2) is 0 Å². The second-order valence-corrected chi connectivity index (χ2v) is 6.03. The van der Waals surface area contributed by atoms with Gasteiger partial charge in [0.2, 0.25) is 5.91 Å². The summed E-state index contributed by atoms with van der Waals surface area (Å²) in [6, 6.07) is 6.16. The topological polar surface area (TPSA) is 50.4 Å². The van der Waals surface area contributed by atoms with E-state index in [0.717, 1.165) is 42.4 Å². The maximum atomic E-state index is 11.4. The molecule has 2 aliphatic heterocycles. The van der Waals surface area contributed by atoms with Crippen molar-refractivity contribution in [1.82, 2.24) is 0 Å². The molecule has 19 heavy (non-hydrogen) atoms. The molecule has 2 N–H and O–H groups in total. The lowest BCUT2D eigenvalue weighted by Gasteiger charge is -2.23. The summed E-state index contributed by atoms with van der Waals surface area (Å²) in [6.07, 6.45) is 2.38. The number of nitrogens with one attached hydrogen (secondary N) is 2. The maximum absolute atomic E-state index is 11.4. The van der Waals surface area contributed by atoms with E-state index in [1.165, 1.54) is 6.42 Å². The van der Waals surface area contributed by atoms with Gasteiger partial charge in [-0.1, -0.05) is 0 Å². The molecule has 0 saturated carbocycles. The number of hydrogen-bond acceptors (Lipinski definition) is 4. The van der Waals surface area contributed by atoms with Crippen LogP contribution in [0.1, 0.15) is 12.8 Å². The zero-order valence-electron chi connectivity index (χ0n) is 10.8. The number of carbonyl (C=O) groups excluding carboxylic acids is 1. The van der Waals surface area contributed by atoms with Crippen molar-refractivity contribution in [3.8, 4) is 0 Å². The molecule has 0 radical (unpaired) electrons. The number of rotatable bonds is 3. The quantitative estimate of drug-likeness (QED) is 0.892. The molecule has 1 atom stereocenters. The summed E-state index contributed by atoms with van der Waals surface area (Å²) in [5.74, 6) is 1.18. The van der Waals surface area contributed by atoms with Gasteiger partial charge in [-0.25, -0.2) is 0 Å². The largest absolute Gasteiger partial charge is 0.385 e. The third-order valence-corrected chi connectivity index (χ3v) is 4.54. The lowest BCUT2D eigenvalue weighted by atomic mass is 10.0. The highest BCUT2D eigenvalue weighted by atomic mass is 32.2. The van der Waals surface area contributed by atoms with Gasteiger partial charge in [-0.05, 0) is 37.0 Å². The van der Waals surface area contributed by atoms with Gasteiger partial charge in [0.05, 0.1) is 18.0 Å². The van der Waals surface area contributed by atoms with Crippen LogP contribution in [-0.2, 0) is 9.53 Å². The first-order valence-electron chi connectivity index (χ1n) is 6.69. The number of carbonyl (C=O) groups is 1. The van der Waals surface area contributed by atoms with Gasteiger partial charge < -0.3 is 15.4 Å². The number of thioether (sulfide) groups is 1. The third-order valence-electron chi connectivity index (χ3n) is 3.46. The lowest BCUT2D eigenvalue weighted by Crippen LogP contribution is -2.24. The minimum absolute atomic E-state index is 0.0790. The molecule has 0 bridgehead atoms. The van der Waals surface area contributed by atoms with Crippen molar-refractivity contribution < 1.29 is 9.53 Å². The molecule has 1 aromatic rings. The Morgan fingerprint density at radius 1 is 1.47 bits per heavy atom. The van der Waals surface area contributed by atoms with Crippen LogP contribution in [0.3, 0.4) is 0 Å². The van der Waals surface area contributed by atoms with E-state index in [2.05, 4.69) is 22.8 Å². The highest BCUT2D eigenvalue weighted by Gasteiger charge is 2.16. The molecule has 1 aromatic carbocycles. The molecule has 1 fully saturated rings. The number of benzene rings is 1. The molecule has 1 saturated heterocycles. The zero-order chi connectivity index (χ0) is 13.1. The summed E-state index contributed by atoms with van der Waals surface area (Å²) in [5.41, 5.74) is 1.98. The SMILES string of the molecule is O=C1CSc2ccc(NCC3CCCOC3)cc2N1. The highest BCUT2D eigenvalue weighted by molar-refractivity contribution is 8.00. The first-order chi connectivity index (χ1) is 9.31. The van der Waals surface area contributed by atoms with Gasteiger partial charge in [0.1, 0.15) is 0 Å². The van der Waals surface area contributed by atoms with Crippen molar-refractivity contribution in [1.29, 1.82) is 0 Å².